The van der Waals surface area contributed by atoms with E-state index in [1.807, 2.05) is 12.1 Å². The lowest BCUT2D eigenvalue weighted by molar-refractivity contribution is -0.122. The van der Waals surface area contributed by atoms with Crippen molar-refractivity contribution >= 4 is 34.0 Å². The maximum Gasteiger partial charge on any atom is 0.231 e. The molecule has 2 aliphatic heterocycles. The fourth-order valence-corrected chi connectivity index (χ4v) is 6.11. The number of hydrogen-bond acceptors (Lipinski definition) is 7. The maximum absolute atomic E-state index is 12.9. The van der Waals surface area contributed by atoms with Gasteiger partial charge in [0.05, 0.1) is 30.1 Å². The van der Waals surface area contributed by atoms with Crippen LogP contribution >= 0.6 is 11.3 Å². The zero-order valence-electron chi connectivity index (χ0n) is 21.5. The minimum absolute atomic E-state index is 0.0193. The van der Waals surface area contributed by atoms with Crippen LogP contribution in [0.2, 0.25) is 0 Å². The Labute approximate surface area is 223 Å². The molecular weight excluding hydrogens is 488 g/mol. The Kier molecular flexibility index (Phi) is 9.20. The van der Waals surface area contributed by atoms with Crippen LogP contribution in [-0.2, 0) is 32.2 Å². The van der Waals surface area contributed by atoms with Gasteiger partial charge in [-0.25, -0.2) is 4.98 Å². The number of amides is 2. The Morgan fingerprint density at radius 2 is 1.89 bits per heavy atom. The van der Waals surface area contributed by atoms with Gasteiger partial charge in [-0.2, -0.15) is 0 Å². The molecule has 1 aliphatic carbocycles. The van der Waals surface area contributed by atoms with Gasteiger partial charge in [0.15, 0.2) is 5.13 Å². The molecule has 1 aromatic heterocycles. The molecule has 200 valence electrons. The van der Waals surface area contributed by atoms with Crippen molar-refractivity contribution < 1.29 is 19.1 Å². The first-order chi connectivity index (χ1) is 18.1. The minimum Gasteiger partial charge on any atom is -0.380 e. The number of carbonyl (C=O) groups is 2. The summed E-state index contributed by atoms with van der Waals surface area (Å²) in [6.07, 6.45) is 10.7. The lowest BCUT2D eigenvalue weighted by Crippen LogP contribution is -2.28. The van der Waals surface area contributed by atoms with E-state index in [1.165, 1.54) is 42.6 Å². The third-order valence-corrected chi connectivity index (χ3v) is 8.40. The number of nitrogens with one attached hydrogen (secondary N) is 1. The summed E-state index contributed by atoms with van der Waals surface area (Å²) in [7, 11) is 0. The van der Waals surface area contributed by atoms with Gasteiger partial charge in [-0.15, -0.1) is 0 Å². The number of carbonyl (C=O) groups excluding carboxylic acids is 2. The summed E-state index contributed by atoms with van der Waals surface area (Å²) in [6.45, 7) is 5.39. The molecule has 9 heteroatoms. The first-order valence-corrected chi connectivity index (χ1v) is 14.5. The van der Waals surface area contributed by atoms with Crippen LogP contribution in [0.3, 0.4) is 0 Å². The van der Waals surface area contributed by atoms with E-state index >= 15 is 0 Å². The quantitative estimate of drug-likeness (QED) is 0.507. The van der Waals surface area contributed by atoms with Crippen LogP contribution in [-0.4, -0.2) is 60.7 Å². The van der Waals surface area contributed by atoms with Crippen LogP contribution in [0, 0.1) is 5.92 Å². The summed E-state index contributed by atoms with van der Waals surface area (Å²) in [4.78, 5) is 35.2. The average molecular weight is 527 g/mol. The second-order valence-corrected chi connectivity index (χ2v) is 11.5. The number of rotatable bonds is 8. The van der Waals surface area contributed by atoms with Gasteiger partial charge >= 0.3 is 0 Å². The average Bonchev–Trinajstić information content (AvgIpc) is 3.29. The number of ether oxygens (including phenoxy) is 2. The Balaban J connectivity index is 1.10. The maximum atomic E-state index is 12.9. The van der Waals surface area contributed by atoms with Gasteiger partial charge in [0.1, 0.15) is 0 Å². The van der Waals surface area contributed by atoms with Gasteiger partial charge in [-0.3, -0.25) is 14.5 Å². The van der Waals surface area contributed by atoms with Crippen LogP contribution in [0.15, 0.2) is 30.5 Å². The summed E-state index contributed by atoms with van der Waals surface area (Å²) in [5.41, 5.74) is 2.06. The lowest BCUT2D eigenvalue weighted by Gasteiger charge is -2.20. The molecule has 1 aromatic carbocycles. The molecule has 0 spiro atoms. The zero-order chi connectivity index (χ0) is 25.5. The van der Waals surface area contributed by atoms with Gasteiger partial charge in [0.25, 0.3) is 0 Å². The van der Waals surface area contributed by atoms with E-state index in [0.29, 0.717) is 24.4 Å². The Morgan fingerprint density at radius 1 is 1.08 bits per heavy atom. The highest BCUT2D eigenvalue weighted by Crippen LogP contribution is 2.28. The monoisotopic (exact) mass is 526 g/mol. The molecule has 3 fully saturated rings. The third-order valence-electron chi connectivity index (χ3n) is 7.51. The molecule has 3 aliphatic rings. The molecular formula is C28H38N4O4S. The molecule has 1 atom stereocenters. The molecule has 2 aromatic rings. The number of aromatic nitrogens is 1. The number of benzene rings is 1. The molecule has 1 N–H and O–H groups in total. The van der Waals surface area contributed by atoms with Gasteiger partial charge in [-0.1, -0.05) is 49.2 Å². The molecule has 37 heavy (non-hydrogen) atoms. The first-order valence-electron chi connectivity index (χ1n) is 13.7. The molecule has 0 bridgehead atoms. The van der Waals surface area contributed by atoms with E-state index < -0.39 is 0 Å². The highest BCUT2D eigenvalue weighted by atomic mass is 32.1. The van der Waals surface area contributed by atoms with E-state index in [1.54, 1.807) is 11.1 Å². The molecule has 2 saturated heterocycles. The van der Waals surface area contributed by atoms with E-state index in [0.717, 1.165) is 62.7 Å². The second-order valence-electron chi connectivity index (χ2n) is 10.4. The number of thiazole rings is 1. The van der Waals surface area contributed by atoms with Gasteiger partial charge in [0, 0.05) is 51.1 Å². The largest absolute Gasteiger partial charge is 0.380 e. The molecule has 1 saturated carbocycles. The topological polar surface area (TPSA) is 84.0 Å². The second kappa shape index (κ2) is 13.0. The van der Waals surface area contributed by atoms with E-state index in [2.05, 4.69) is 27.3 Å². The van der Waals surface area contributed by atoms with Crippen LogP contribution in [0.5, 0.6) is 0 Å². The highest BCUT2D eigenvalue weighted by Gasteiger charge is 2.35. The standard InChI is InChI=1S/C28H38N4O4S/c33-26-16-22(19-32(26)23-10-8-21(9-11-23)18-31-12-5-14-35-15-13-31)27(34)30-28-29-17-25(37-28)20-36-24-6-3-1-2-4-7-24/h8-11,17,22,24H,1-7,12-16,18-20H2,(H,29,30,34). The van der Waals surface area contributed by atoms with Gasteiger partial charge in [0.2, 0.25) is 11.8 Å². The van der Waals surface area contributed by atoms with E-state index in [-0.39, 0.29) is 24.2 Å². The highest BCUT2D eigenvalue weighted by molar-refractivity contribution is 7.15. The lowest BCUT2D eigenvalue weighted by atomic mass is 10.1. The van der Waals surface area contributed by atoms with E-state index in [4.69, 9.17) is 9.47 Å². The fourth-order valence-electron chi connectivity index (χ4n) is 5.38. The number of nitrogens with zero attached hydrogens (tertiary/aromatic N) is 3. The number of hydrogen-bond donors (Lipinski definition) is 1. The summed E-state index contributed by atoms with van der Waals surface area (Å²) in [5, 5.41) is 3.49. The summed E-state index contributed by atoms with van der Waals surface area (Å²) >= 11 is 1.45. The smallest absolute Gasteiger partial charge is 0.231 e. The van der Waals surface area contributed by atoms with Crippen molar-refractivity contribution in [3.05, 3.63) is 40.9 Å². The SMILES string of the molecule is O=C(Nc1ncc(COC2CCCCCC2)s1)C1CC(=O)N(c2ccc(CN3CCCOCC3)cc2)C1. The summed E-state index contributed by atoms with van der Waals surface area (Å²) in [5.74, 6) is -0.561. The van der Waals surface area contributed by atoms with E-state index in [9.17, 15) is 9.59 Å². The van der Waals surface area contributed by atoms with Crippen molar-refractivity contribution in [3.63, 3.8) is 0 Å². The number of anilines is 2. The van der Waals surface area contributed by atoms with Crippen LogP contribution in [0.25, 0.3) is 0 Å². The molecule has 8 nitrogen and oxygen atoms in total. The first kappa shape index (κ1) is 26.3. The summed E-state index contributed by atoms with van der Waals surface area (Å²) < 4.78 is 11.6. The third kappa shape index (κ3) is 7.37. The minimum atomic E-state index is -0.390. The van der Waals surface area contributed by atoms with Crippen molar-refractivity contribution in [2.45, 2.75) is 70.6 Å². The van der Waals surface area contributed by atoms with Crippen LogP contribution in [0.4, 0.5) is 10.8 Å². The Morgan fingerprint density at radius 3 is 2.70 bits per heavy atom. The predicted octanol–water partition coefficient (Wildman–Crippen LogP) is 4.60. The normalized spacial score (nSPS) is 22.1. The molecule has 5 rings (SSSR count). The predicted molar refractivity (Wildman–Crippen MR) is 145 cm³/mol. The van der Waals surface area contributed by atoms with Crippen molar-refractivity contribution in [1.29, 1.82) is 0 Å². The molecule has 3 heterocycles. The van der Waals surface area contributed by atoms with Crippen LogP contribution < -0.4 is 10.2 Å². The van der Waals surface area contributed by atoms with Gasteiger partial charge in [-0.05, 0) is 37.0 Å². The summed E-state index contributed by atoms with van der Waals surface area (Å²) in [6, 6.07) is 8.14. The van der Waals surface area contributed by atoms with Crippen LogP contribution in [0.1, 0.15) is 61.8 Å². The fraction of sp³-hybridized carbons (Fsp3) is 0.607. The van der Waals surface area contributed by atoms with Crippen molar-refractivity contribution in [2.75, 3.05) is 43.1 Å². The zero-order valence-corrected chi connectivity index (χ0v) is 22.3. The molecule has 0 radical (unpaired) electrons. The molecule has 2 amide bonds. The van der Waals surface area contributed by atoms with Crippen molar-refractivity contribution in [3.8, 4) is 0 Å². The van der Waals surface area contributed by atoms with Crippen molar-refractivity contribution in [2.24, 2.45) is 5.92 Å². The van der Waals surface area contributed by atoms with Crippen molar-refractivity contribution in [1.82, 2.24) is 9.88 Å². The van der Waals surface area contributed by atoms with Gasteiger partial charge < -0.3 is 19.7 Å². The molecule has 1 unspecified atom stereocenters. The Bertz CT molecular complexity index is 1030. The Hall–Kier alpha value is -2.33.